The third-order valence-corrected chi connectivity index (χ3v) is 3.03. The largest absolute Gasteiger partial charge is 0.387 e. The minimum atomic E-state index is -0.461. The van der Waals surface area contributed by atoms with Crippen LogP contribution in [0.3, 0.4) is 0 Å². The summed E-state index contributed by atoms with van der Waals surface area (Å²) in [7, 11) is 4.09. The van der Waals surface area contributed by atoms with E-state index >= 15 is 0 Å². The van der Waals surface area contributed by atoms with Crippen molar-refractivity contribution in [3.63, 3.8) is 0 Å². The molecule has 2 N–H and O–H groups in total. The Kier molecular flexibility index (Phi) is 6.12. The van der Waals surface area contributed by atoms with Crippen LogP contribution in [0.1, 0.15) is 18.6 Å². The Morgan fingerprint density at radius 2 is 2.12 bits per heavy atom. The second-order valence-electron chi connectivity index (χ2n) is 4.64. The summed E-state index contributed by atoms with van der Waals surface area (Å²) in [4.78, 5) is 2.13. The fourth-order valence-electron chi connectivity index (χ4n) is 1.76. The zero-order chi connectivity index (χ0) is 12.8. The topological polar surface area (TPSA) is 35.5 Å². The van der Waals surface area contributed by atoms with Crippen molar-refractivity contribution >= 4 is 15.9 Å². The van der Waals surface area contributed by atoms with Gasteiger partial charge in [0.1, 0.15) is 0 Å². The highest BCUT2D eigenvalue weighted by Gasteiger charge is 2.10. The molecule has 3 nitrogen and oxygen atoms in total. The molecule has 2 unspecified atom stereocenters. The Balaban J connectivity index is 2.42. The lowest BCUT2D eigenvalue weighted by Crippen LogP contribution is -2.37. The first kappa shape index (κ1) is 14.6. The van der Waals surface area contributed by atoms with E-state index in [4.69, 9.17) is 0 Å². The van der Waals surface area contributed by atoms with Gasteiger partial charge in [0.25, 0.3) is 0 Å². The monoisotopic (exact) mass is 300 g/mol. The molecule has 1 aromatic rings. The van der Waals surface area contributed by atoms with Crippen LogP contribution in [-0.4, -0.2) is 43.2 Å². The summed E-state index contributed by atoms with van der Waals surface area (Å²) in [5.74, 6) is 0. The molecule has 96 valence electrons. The number of likely N-dealkylation sites (N-methyl/N-ethyl adjacent to an activating group) is 1. The highest BCUT2D eigenvalue weighted by atomic mass is 79.9. The molecule has 0 bridgehead atoms. The Bertz CT molecular complexity index is 344. The number of halogens is 1. The van der Waals surface area contributed by atoms with E-state index in [1.165, 1.54) is 0 Å². The van der Waals surface area contributed by atoms with Crippen molar-refractivity contribution in [3.05, 3.63) is 34.3 Å². The molecule has 0 amide bonds. The van der Waals surface area contributed by atoms with Gasteiger partial charge < -0.3 is 15.3 Å². The van der Waals surface area contributed by atoms with E-state index in [2.05, 4.69) is 33.1 Å². The number of aliphatic hydroxyl groups excluding tert-OH is 1. The highest BCUT2D eigenvalue weighted by molar-refractivity contribution is 9.10. The highest BCUT2D eigenvalue weighted by Crippen LogP contribution is 2.17. The fourth-order valence-corrected chi connectivity index (χ4v) is 2.17. The van der Waals surface area contributed by atoms with E-state index in [-0.39, 0.29) is 0 Å². The first-order valence-corrected chi connectivity index (χ1v) is 6.60. The van der Waals surface area contributed by atoms with Crippen LogP contribution in [0, 0.1) is 0 Å². The maximum Gasteiger partial charge on any atom is 0.0914 e. The first-order chi connectivity index (χ1) is 7.99. The van der Waals surface area contributed by atoms with Gasteiger partial charge in [0.05, 0.1) is 6.10 Å². The average molecular weight is 301 g/mol. The number of benzene rings is 1. The lowest BCUT2D eigenvalue weighted by Gasteiger charge is -2.20. The third-order valence-electron chi connectivity index (χ3n) is 2.53. The molecule has 0 heterocycles. The van der Waals surface area contributed by atoms with Crippen LogP contribution in [0.25, 0.3) is 0 Å². The van der Waals surface area contributed by atoms with Crippen molar-refractivity contribution in [1.29, 1.82) is 0 Å². The van der Waals surface area contributed by atoms with Crippen molar-refractivity contribution < 1.29 is 5.11 Å². The number of nitrogens with zero attached hydrogens (tertiary/aromatic N) is 1. The van der Waals surface area contributed by atoms with E-state index in [1.807, 2.05) is 38.4 Å². The quantitative estimate of drug-likeness (QED) is 0.844. The van der Waals surface area contributed by atoms with Gasteiger partial charge in [-0.1, -0.05) is 28.1 Å². The van der Waals surface area contributed by atoms with Gasteiger partial charge in [0, 0.05) is 23.6 Å². The lowest BCUT2D eigenvalue weighted by molar-refractivity contribution is 0.167. The molecule has 0 aliphatic carbocycles. The van der Waals surface area contributed by atoms with Crippen molar-refractivity contribution in [2.75, 3.05) is 27.2 Å². The minimum absolute atomic E-state index is 0.367. The van der Waals surface area contributed by atoms with Gasteiger partial charge >= 0.3 is 0 Å². The molecule has 0 spiro atoms. The number of nitrogens with one attached hydrogen (secondary N) is 1. The van der Waals surface area contributed by atoms with Crippen molar-refractivity contribution in [2.45, 2.75) is 19.1 Å². The van der Waals surface area contributed by atoms with Gasteiger partial charge in [0.2, 0.25) is 0 Å². The van der Waals surface area contributed by atoms with E-state index in [1.54, 1.807) is 0 Å². The summed E-state index contributed by atoms with van der Waals surface area (Å²) in [5.41, 5.74) is 0.934. The lowest BCUT2D eigenvalue weighted by atomic mass is 10.1. The molecule has 0 fully saturated rings. The molecule has 2 atom stereocenters. The summed E-state index contributed by atoms with van der Waals surface area (Å²) in [6.07, 6.45) is -0.461. The third kappa shape index (κ3) is 5.64. The van der Waals surface area contributed by atoms with Gasteiger partial charge in [-0.3, -0.25) is 0 Å². The van der Waals surface area contributed by atoms with Gasteiger partial charge in [-0.25, -0.2) is 0 Å². The molecule has 1 rings (SSSR count). The standard InChI is InChI=1S/C13H21BrN2O/c1-10(9-16(2)3)15-8-13(17)11-5-4-6-12(14)7-11/h4-7,10,13,15,17H,8-9H2,1-3H3. The molecule has 0 radical (unpaired) electrons. The van der Waals surface area contributed by atoms with Crippen LogP contribution in [-0.2, 0) is 0 Å². The van der Waals surface area contributed by atoms with Crippen molar-refractivity contribution in [2.24, 2.45) is 0 Å². The van der Waals surface area contributed by atoms with Crippen LogP contribution >= 0.6 is 15.9 Å². The molecule has 0 saturated carbocycles. The van der Waals surface area contributed by atoms with Crippen LogP contribution < -0.4 is 5.32 Å². The van der Waals surface area contributed by atoms with E-state index in [9.17, 15) is 5.11 Å². The van der Waals surface area contributed by atoms with Crippen molar-refractivity contribution in [1.82, 2.24) is 10.2 Å². The molecule has 0 aliphatic rings. The molecular formula is C13H21BrN2O. The number of hydrogen-bond donors (Lipinski definition) is 2. The minimum Gasteiger partial charge on any atom is -0.387 e. The van der Waals surface area contributed by atoms with Gasteiger partial charge in [0.15, 0.2) is 0 Å². The average Bonchev–Trinajstić information content (AvgIpc) is 2.25. The van der Waals surface area contributed by atoms with Gasteiger partial charge in [-0.05, 0) is 38.7 Å². The number of aliphatic hydroxyl groups is 1. The van der Waals surface area contributed by atoms with Crippen LogP contribution in [0.4, 0.5) is 0 Å². The zero-order valence-electron chi connectivity index (χ0n) is 10.7. The summed E-state index contributed by atoms with van der Waals surface area (Å²) < 4.78 is 0.996. The molecule has 1 aromatic carbocycles. The Morgan fingerprint density at radius 3 is 2.71 bits per heavy atom. The molecular weight excluding hydrogens is 280 g/mol. The zero-order valence-corrected chi connectivity index (χ0v) is 12.2. The molecule has 4 heteroatoms. The Hall–Kier alpha value is -0.420. The molecule has 17 heavy (non-hydrogen) atoms. The fraction of sp³-hybridized carbons (Fsp3) is 0.538. The summed E-state index contributed by atoms with van der Waals surface area (Å²) >= 11 is 3.41. The number of hydrogen-bond acceptors (Lipinski definition) is 3. The van der Waals surface area contributed by atoms with E-state index < -0.39 is 6.10 Å². The predicted molar refractivity (Wildman–Crippen MR) is 75.1 cm³/mol. The second-order valence-corrected chi connectivity index (χ2v) is 5.56. The molecule has 0 aromatic heterocycles. The van der Waals surface area contributed by atoms with E-state index in [0.717, 1.165) is 16.6 Å². The SMILES string of the molecule is CC(CN(C)C)NCC(O)c1cccc(Br)c1. The maximum atomic E-state index is 10.0. The van der Waals surface area contributed by atoms with Gasteiger partial charge in [-0.15, -0.1) is 0 Å². The number of rotatable bonds is 6. The van der Waals surface area contributed by atoms with Crippen LogP contribution in [0.2, 0.25) is 0 Å². The smallest absolute Gasteiger partial charge is 0.0914 e. The van der Waals surface area contributed by atoms with Crippen LogP contribution in [0.5, 0.6) is 0 Å². The molecule has 0 saturated heterocycles. The first-order valence-electron chi connectivity index (χ1n) is 5.80. The van der Waals surface area contributed by atoms with Crippen molar-refractivity contribution in [3.8, 4) is 0 Å². The van der Waals surface area contributed by atoms with Gasteiger partial charge in [-0.2, -0.15) is 0 Å². The van der Waals surface area contributed by atoms with Crippen LogP contribution in [0.15, 0.2) is 28.7 Å². The summed E-state index contributed by atoms with van der Waals surface area (Å²) in [5, 5.41) is 13.4. The second kappa shape index (κ2) is 7.11. The normalized spacial score (nSPS) is 14.9. The Labute approximate surface area is 112 Å². The van der Waals surface area contributed by atoms with E-state index in [0.29, 0.717) is 12.6 Å². The summed E-state index contributed by atoms with van der Waals surface area (Å²) in [6.45, 7) is 3.66. The predicted octanol–water partition coefficient (Wildman–Crippen LogP) is 2.02. The maximum absolute atomic E-state index is 10.0. The summed E-state index contributed by atoms with van der Waals surface area (Å²) in [6, 6.07) is 8.15. The Morgan fingerprint density at radius 1 is 1.41 bits per heavy atom. The molecule has 0 aliphatic heterocycles.